The Morgan fingerprint density at radius 3 is 2.71 bits per heavy atom. The van der Waals surface area contributed by atoms with E-state index in [2.05, 4.69) is 34.3 Å². The highest BCUT2D eigenvalue weighted by atomic mass is 19.1. The molecule has 3 saturated heterocycles. The maximum atomic E-state index is 14.5. The van der Waals surface area contributed by atoms with Gasteiger partial charge in [0.15, 0.2) is 0 Å². The first-order chi connectivity index (χ1) is 16.4. The average molecular weight is 468 g/mol. The maximum Gasteiger partial charge on any atom is 0.229 e. The third kappa shape index (κ3) is 3.73. The lowest BCUT2D eigenvalue weighted by atomic mass is 9.83. The van der Waals surface area contributed by atoms with Crippen LogP contribution in [0.15, 0.2) is 24.4 Å². The molecule has 1 saturated carbocycles. The fraction of sp³-hybridized carbons (Fsp3) is 0.630. The normalized spacial score (nSPS) is 34.2. The van der Waals surface area contributed by atoms with Crippen molar-refractivity contribution < 1.29 is 18.7 Å². The molecule has 4 fully saturated rings. The Hall–Kier alpha value is -2.09. The number of nitrogens with one attached hydrogen (secondary N) is 1. The summed E-state index contributed by atoms with van der Waals surface area (Å²) in [5.41, 5.74) is 2.20. The van der Waals surface area contributed by atoms with Gasteiger partial charge in [0, 0.05) is 29.5 Å². The number of halogens is 1. The average Bonchev–Trinajstić information content (AvgIpc) is 3.14. The number of ether oxygens (including phenoxy) is 2. The Kier molecular flexibility index (Phi) is 5.43. The van der Waals surface area contributed by atoms with Gasteiger partial charge >= 0.3 is 0 Å². The van der Waals surface area contributed by atoms with E-state index < -0.39 is 11.7 Å². The van der Waals surface area contributed by atoms with E-state index in [4.69, 9.17) is 9.47 Å². The number of carbonyl (C=O) groups is 1. The van der Waals surface area contributed by atoms with Crippen molar-refractivity contribution in [1.29, 1.82) is 0 Å². The number of pyridine rings is 1. The molecule has 34 heavy (non-hydrogen) atoms. The summed E-state index contributed by atoms with van der Waals surface area (Å²) in [5, 5.41) is 5.23. The first-order valence-corrected chi connectivity index (χ1v) is 12.6. The predicted molar refractivity (Wildman–Crippen MR) is 129 cm³/mol. The summed E-state index contributed by atoms with van der Waals surface area (Å²) < 4.78 is 25.4. The van der Waals surface area contributed by atoms with E-state index >= 15 is 0 Å². The number of piperidine rings is 1. The SMILES string of the molecule is Cc1cc2cnc(NC(=O)[C@H]3C[C@]34CCOC4)cc2cc1C1CCN([C@@]2(C)COC[C@H]2F)CC1. The Labute approximate surface area is 200 Å². The Morgan fingerprint density at radius 2 is 2.00 bits per heavy atom. The van der Waals surface area contributed by atoms with Crippen LogP contribution in [0.5, 0.6) is 0 Å². The van der Waals surface area contributed by atoms with E-state index in [1.807, 2.05) is 19.2 Å². The summed E-state index contributed by atoms with van der Waals surface area (Å²) in [6, 6.07) is 6.46. The van der Waals surface area contributed by atoms with Crippen LogP contribution in [-0.2, 0) is 14.3 Å². The highest BCUT2D eigenvalue weighted by molar-refractivity contribution is 5.96. The number of hydrogen-bond donors (Lipinski definition) is 1. The van der Waals surface area contributed by atoms with Crippen LogP contribution >= 0.6 is 0 Å². The minimum atomic E-state index is -0.917. The Morgan fingerprint density at radius 1 is 1.18 bits per heavy atom. The van der Waals surface area contributed by atoms with Crippen LogP contribution in [0.25, 0.3) is 10.8 Å². The number of amides is 1. The van der Waals surface area contributed by atoms with Gasteiger partial charge in [-0.1, -0.05) is 6.07 Å². The third-order valence-corrected chi connectivity index (χ3v) is 8.99. The summed E-state index contributed by atoms with van der Waals surface area (Å²) in [7, 11) is 0. The highest BCUT2D eigenvalue weighted by Crippen LogP contribution is 2.58. The third-order valence-electron chi connectivity index (χ3n) is 8.99. The number of carbonyl (C=O) groups excluding carboxylic acids is 1. The number of hydrogen-bond acceptors (Lipinski definition) is 5. The molecule has 2 aromatic rings. The fourth-order valence-electron chi connectivity index (χ4n) is 6.45. The van der Waals surface area contributed by atoms with Crippen molar-refractivity contribution in [2.75, 3.05) is 44.8 Å². The number of aromatic nitrogens is 1. The van der Waals surface area contributed by atoms with Crippen LogP contribution in [0.1, 0.15) is 49.7 Å². The van der Waals surface area contributed by atoms with Crippen LogP contribution in [-0.4, -0.2) is 67.0 Å². The largest absolute Gasteiger partial charge is 0.381 e. The van der Waals surface area contributed by atoms with Crippen LogP contribution in [0.2, 0.25) is 0 Å². The summed E-state index contributed by atoms with van der Waals surface area (Å²) >= 11 is 0. The van der Waals surface area contributed by atoms with E-state index in [0.29, 0.717) is 24.9 Å². The van der Waals surface area contributed by atoms with Gasteiger partial charge < -0.3 is 14.8 Å². The molecular weight excluding hydrogens is 433 g/mol. The van der Waals surface area contributed by atoms with Gasteiger partial charge in [0.1, 0.15) is 12.0 Å². The number of likely N-dealkylation sites (tertiary alicyclic amines) is 1. The minimum Gasteiger partial charge on any atom is -0.381 e. The molecule has 6 nitrogen and oxygen atoms in total. The zero-order valence-corrected chi connectivity index (χ0v) is 20.1. The lowest BCUT2D eigenvalue weighted by molar-refractivity contribution is -0.118. The number of aryl methyl sites for hydroxylation is 1. The smallest absolute Gasteiger partial charge is 0.229 e. The molecular formula is C27H34FN3O3. The molecule has 4 aliphatic rings. The molecule has 6 rings (SSSR count). The second-order valence-electron chi connectivity index (χ2n) is 11.1. The van der Waals surface area contributed by atoms with Crippen molar-refractivity contribution >= 4 is 22.5 Å². The van der Waals surface area contributed by atoms with Crippen LogP contribution in [0.4, 0.5) is 10.2 Å². The number of benzene rings is 1. The second kappa shape index (κ2) is 8.25. The van der Waals surface area contributed by atoms with Crippen molar-refractivity contribution in [3.63, 3.8) is 0 Å². The molecule has 1 aromatic carbocycles. The lowest BCUT2D eigenvalue weighted by Gasteiger charge is -2.43. The van der Waals surface area contributed by atoms with Gasteiger partial charge in [-0.3, -0.25) is 9.69 Å². The van der Waals surface area contributed by atoms with E-state index in [-0.39, 0.29) is 23.8 Å². The molecule has 182 valence electrons. The van der Waals surface area contributed by atoms with Crippen LogP contribution in [0.3, 0.4) is 0 Å². The van der Waals surface area contributed by atoms with Crippen molar-refractivity contribution in [2.24, 2.45) is 11.3 Å². The minimum absolute atomic E-state index is 0.0438. The number of alkyl halides is 1. The quantitative estimate of drug-likeness (QED) is 0.730. The molecule has 1 spiro atoms. The molecule has 0 bridgehead atoms. The molecule has 4 heterocycles. The summed E-state index contributed by atoms with van der Waals surface area (Å²) in [6.45, 7) is 8.08. The zero-order valence-electron chi connectivity index (χ0n) is 20.1. The van der Waals surface area contributed by atoms with E-state index in [1.165, 1.54) is 11.1 Å². The second-order valence-corrected chi connectivity index (χ2v) is 11.1. The number of nitrogens with zero attached hydrogens (tertiary/aromatic N) is 2. The topological polar surface area (TPSA) is 63.7 Å². The van der Waals surface area contributed by atoms with E-state index in [9.17, 15) is 9.18 Å². The number of anilines is 1. The Balaban J connectivity index is 1.16. The molecule has 3 aliphatic heterocycles. The molecule has 1 aromatic heterocycles. The van der Waals surface area contributed by atoms with Gasteiger partial charge in [0.05, 0.1) is 25.4 Å². The standard InChI is InChI=1S/C27H34FN3O3/c1-17-9-20-13-29-24(30-25(32)22-12-27(22)5-8-33-16-27)11-19(20)10-21(17)18-3-6-31(7-4-18)26(2)15-34-14-23(26)28/h9-11,13,18,22-23H,3-8,12,14-16H2,1-2H3,(H,29,30,32)/t22-,23-,26+,27+/m1/s1. The number of fused-ring (bicyclic) bond motifs is 1. The van der Waals surface area contributed by atoms with Crippen molar-refractivity contribution in [2.45, 2.75) is 57.2 Å². The highest BCUT2D eigenvalue weighted by Gasteiger charge is 2.59. The molecule has 1 N–H and O–H groups in total. The molecule has 0 unspecified atom stereocenters. The van der Waals surface area contributed by atoms with Gasteiger partial charge in [-0.25, -0.2) is 9.37 Å². The molecule has 4 atom stereocenters. The number of rotatable bonds is 4. The van der Waals surface area contributed by atoms with E-state index in [0.717, 1.165) is 56.2 Å². The fourth-order valence-corrected chi connectivity index (χ4v) is 6.45. The summed E-state index contributed by atoms with van der Waals surface area (Å²) in [6.07, 6.45) is 4.86. The van der Waals surface area contributed by atoms with Gasteiger partial charge in [-0.15, -0.1) is 0 Å². The summed E-state index contributed by atoms with van der Waals surface area (Å²) in [4.78, 5) is 19.6. The molecule has 1 aliphatic carbocycles. The van der Waals surface area contributed by atoms with E-state index in [1.54, 1.807) is 0 Å². The molecule has 7 heteroatoms. The first-order valence-electron chi connectivity index (χ1n) is 12.6. The monoisotopic (exact) mass is 467 g/mol. The first kappa shape index (κ1) is 22.4. The zero-order chi connectivity index (χ0) is 23.5. The molecule has 1 amide bonds. The van der Waals surface area contributed by atoms with Crippen LogP contribution < -0.4 is 5.32 Å². The van der Waals surface area contributed by atoms with Gasteiger partial charge in [-0.2, -0.15) is 0 Å². The van der Waals surface area contributed by atoms with Crippen molar-refractivity contribution in [1.82, 2.24) is 9.88 Å². The van der Waals surface area contributed by atoms with Gasteiger partial charge in [0.25, 0.3) is 0 Å². The van der Waals surface area contributed by atoms with Crippen molar-refractivity contribution in [3.8, 4) is 0 Å². The van der Waals surface area contributed by atoms with Gasteiger partial charge in [-0.05, 0) is 87.2 Å². The van der Waals surface area contributed by atoms with Crippen LogP contribution in [0, 0.1) is 18.3 Å². The summed E-state index contributed by atoms with van der Waals surface area (Å²) in [5.74, 6) is 1.17. The molecule has 0 radical (unpaired) electrons. The Bertz CT molecular complexity index is 1110. The predicted octanol–water partition coefficient (Wildman–Crippen LogP) is 4.21. The maximum absolute atomic E-state index is 14.5. The lowest BCUT2D eigenvalue weighted by Crippen LogP contribution is -2.55. The van der Waals surface area contributed by atoms with Gasteiger partial charge in [0.2, 0.25) is 5.91 Å². The van der Waals surface area contributed by atoms with Crippen molar-refractivity contribution in [3.05, 3.63) is 35.5 Å².